The van der Waals surface area contributed by atoms with Crippen molar-refractivity contribution in [2.45, 2.75) is 37.6 Å². The highest BCUT2D eigenvalue weighted by Crippen LogP contribution is 2.23. The zero-order valence-corrected chi connectivity index (χ0v) is 18.0. The first kappa shape index (κ1) is 20.8. The lowest BCUT2D eigenvalue weighted by atomic mass is 9.99. The SMILES string of the molecule is CCC(C)c1ccc(S(=O)(=O)N2CCN(Cc3nc(-c4ccco4)no3)CC2)cc1. The quantitative estimate of drug-likeness (QED) is 0.567. The van der Waals surface area contributed by atoms with Gasteiger partial charge in [0.15, 0.2) is 5.76 Å². The Labute approximate surface area is 176 Å². The van der Waals surface area contributed by atoms with Gasteiger partial charge in [-0.05, 0) is 42.2 Å². The Morgan fingerprint density at radius 2 is 1.83 bits per heavy atom. The molecule has 0 bridgehead atoms. The van der Waals surface area contributed by atoms with E-state index in [-0.39, 0.29) is 0 Å². The molecule has 1 aliphatic rings. The molecule has 30 heavy (non-hydrogen) atoms. The second kappa shape index (κ2) is 8.71. The van der Waals surface area contributed by atoms with Gasteiger partial charge in [0.05, 0.1) is 17.7 Å². The lowest BCUT2D eigenvalue weighted by Crippen LogP contribution is -2.48. The molecule has 8 nitrogen and oxygen atoms in total. The second-order valence-electron chi connectivity index (χ2n) is 7.55. The maximum Gasteiger partial charge on any atom is 0.243 e. The lowest BCUT2D eigenvalue weighted by molar-refractivity contribution is 0.163. The van der Waals surface area contributed by atoms with E-state index in [9.17, 15) is 8.42 Å². The molecule has 3 heterocycles. The molecule has 0 aliphatic carbocycles. The zero-order valence-electron chi connectivity index (χ0n) is 17.2. The van der Waals surface area contributed by atoms with Crippen molar-refractivity contribution in [3.8, 4) is 11.6 Å². The van der Waals surface area contributed by atoms with E-state index >= 15 is 0 Å². The first-order valence-electron chi connectivity index (χ1n) is 10.2. The molecular weight excluding hydrogens is 404 g/mol. The van der Waals surface area contributed by atoms with E-state index < -0.39 is 10.0 Å². The molecule has 1 aliphatic heterocycles. The number of sulfonamides is 1. The van der Waals surface area contributed by atoms with Crippen LogP contribution in [0.5, 0.6) is 0 Å². The van der Waals surface area contributed by atoms with E-state index in [1.165, 1.54) is 0 Å². The summed E-state index contributed by atoms with van der Waals surface area (Å²) in [7, 11) is -3.49. The minimum atomic E-state index is -3.49. The van der Waals surface area contributed by atoms with Crippen molar-refractivity contribution in [1.29, 1.82) is 0 Å². The molecule has 0 spiro atoms. The average molecular weight is 431 g/mol. The molecule has 9 heteroatoms. The first-order chi connectivity index (χ1) is 14.5. The first-order valence-corrected chi connectivity index (χ1v) is 11.6. The van der Waals surface area contributed by atoms with Crippen LogP contribution in [0.3, 0.4) is 0 Å². The van der Waals surface area contributed by atoms with E-state index in [1.54, 1.807) is 34.8 Å². The predicted molar refractivity (Wildman–Crippen MR) is 111 cm³/mol. The largest absolute Gasteiger partial charge is 0.461 e. The smallest absolute Gasteiger partial charge is 0.243 e. The average Bonchev–Trinajstić information content (AvgIpc) is 3.46. The number of hydrogen-bond acceptors (Lipinski definition) is 7. The summed E-state index contributed by atoms with van der Waals surface area (Å²) < 4.78 is 38.1. The maximum absolute atomic E-state index is 13.0. The number of aromatic nitrogens is 2. The van der Waals surface area contributed by atoms with E-state index in [4.69, 9.17) is 8.94 Å². The highest BCUT2D eigenvalue weighted by molar-refractivity contribution is 7.89. The van der Waals surface area contributed by atoms with Gasteiger partial charge >= 0.3 is 0 Å². The summed E-state index contributed by atoms with van der Waals surface area (Å²) >= 11 is 0. The van der Waals surface area contributed by atoms with Gasteiger partial charge in [0.2, 0.25) is 21.7 Å². The van der Waals surface area contributed by atoms with Crippen LogP contribution in [-0.2, 0) is 16.6 Å². The molecule has 0 radical (unpaired) electrons. The minimum absolute atomic E-state index is 0.350. The van der Waals surface area contributed by atoms with Crippen molar-refractivity contribution in [2.75, 3.05) is 26.2 Å². The van der Waals surface area contributed by atoms with Crippen molar-refractivity contribution in [3.63, 3.8) is 0 Å². The van der Waals surface area contributed by atoms with Crippen molar-refractivity contribution in [2.24, 2.45) is 0 Å². The molecule has 0 saturated carbocycles. The Morgan fingerprint density at radius 3 is 2.47 bits per heavy atom. The van der Waals surface area contributed by atoms with Crippen molar-refractivity contribution < 1.29 is 17.4 Å². The number of benzene rings is 1. The standard InChI is InChI=1S/C21H26N4O4S/c1-3-16(2)17-6-8-18(9-7-17)30(26,27)25-12-10-24(11-13-25)15-20-22-21(23-29-20)19-5-4-14-28-19/h4-9,14,16H,3,10-13,15H2,1-2H3. The van der Waals surface area contributed by atoms with Gasteiger partial charge in [0.25, 0.3) is 0 Å². The highest BCUT2D eigenvalue weighted by atomic mass is 32.2. The molecule has 0 N–H and O–H groups in total. The van der Waals surface area contributed by atoms with Crippen LogP contribution in [0.25, 0.3) is 11.6 Å². The van der Waals surface area contributed by atoms with Crippen molar-refractivity contribution in [3.05, 3.63) is 54.1 Å². The lowest BCUT2D eigenvalue weighted by Gasteiger charge is -2.33. The Hall–Kier alpha value is -2.49. The van der Waals surface area contributed by atoms with E-state index in [0.29, 0.717) is 61.0 Å². The summed E-state index contributed by atoms with van der Waals surface area (Å²) in [5.41, 5.74) is 1.16. The summed E-state index contributed by atoms with van der Waals surface area (Å²) in [6, 6.07) is 10.8. The Bertz CT molecular complexity index is 1050. The molecule has 1 unspecified atom stereocenters. The van der Waals surface area contributed by atoms with Crippen LogP contribution in [0.1, 0.15) is 37.6 Å². The second-order valence-corrected chi connectivity index (χ2v) is 9.49. The molecule has 2 aromatic heterocycles. The fraction of sp³-hybridized carbons (Fsp3) is 0.429. The number of furan rings is 1. The van der Waals surface area contributed by atoms with Crippen LogP contribution in [0.15, 0.2) is 56.5 Å². The fourth-order valence-corrected chi connectivity index (χ4v) is 4.92. The highest BCUT2D eigenvalue weighted by Gasteiger charge is 2.29. The van der Waals surface area contributed by atoms with Gasteiger partial charge in [-0.3, -0.25) is 4.90 Å². The van der Waals surface area contributed by atoms with Gasteiger partial charge in [0, 0.05) is 26.2 Å². The normalized spacial score (nSPS) is 17.3. The van der Waals surface area contributed by atoms with Gasteiger partial charge in [0.1, 0.15) is 0 Å². The third-order valence-electron chi connectivity index (χ3n) is 5.60. The molecule has 1 atom stereocenters. The number of rotatable bonds is 7. The number of hydrogen-bond donors (Lipinski definition) is 0. The van der Waals surface area contributed by atoms with E-state index in [0.717, 1.165) is 12.0 Å². The van der Waals surface area contributed by atoms with E-state index in [2.05, 4.69) is 28.9 Å². The summed E-state index contributed by atoms with van der Waals surface area (Å²) in [5, 5.41) is 3.93. The maximum atomic E-state index is 13.0. The topological polar surface area (TPSA) is 92.7 Å². The van der Waals surface area contributed by atoms with Gasteiger partial charge in [-0.25, -0.2) is 8.42 Å². The number of piperazine rings is 1. The van der Waals surface area contributed by atoms with Crippen LogP contribution in [0.2, 0.25) is 0 Å². The molecule has 1 fully saturated rings. The molecule has 4 rings (SSSR count). The summed E-state index contributed by atoms with van der Waals surface area (Å²) in [4.78, 5) is 6.81. The van der Waals surface area contributed by atoms with Crippen molar-refractivity contribution in [1.82, 2.24) is 19.3 Å². The van der Waals surface area contributed by atoms with Gasteiger partial charge in [-0.15, -0.1) is 0 Å². The number of nitrogens with zero attached hydrogens (tertiary/aromatic N) is 4. The van der Waals surface area contributed by atoms with Gasteiger partial charge in [-0.2, -0.15) is 9.29 Å². The summed E-state index contributed by atoms with van der Waals surface area (Å²) in [5.74, 6) is 1.87. The van der Waals surface area contributed by atoms with Crippen LogP contribution in [0, 0.1) is 0 Å². The van der Waals surface area contributed by atoms with Crippen molar-refractivity contribution >= 4 is 10.0 Å². The Kier molecular flexibility index (Phi) is 6.03. The molecular formula is C21H26N4O4S. The molecule has 1 saturated heterocycles. The summed E-state index contributed by atoms with van der Waals surface area (Å²) in [6.45, 7) is 6.80. The third kappa shape index (κ3) is 4.33. The Balaban J connectivity index is 1.35. The summed E-state index contributed by atoms with van der Waals surface area (Å²) in [6.07, 6.45) is 2.58. The van der Waals surface area contributed by atoms with E-state index in [1.807, 2.05) is 12.1 Å². The van der Waals surface area contributed by atoms with Crippen LogP contribution in [0.4, 0.5) is 0 Å². The molecule has 160 valence electrons. The minimum Gasteiger partial charge on any atom is -0.461 e. The fourth-order valence-electron chi connectivity index (χ4n) is 3.50. The van der Waals surface area contributed by atoms with Crippen LogP contribution < -0.4 is 0 Å². The van der Waals surface area contributed by atoms with Crippen LogP contribution >= 0.6 is 0 Å². The molecule has 0 amide bonds. The molecule has 3 aromatic rings. The Morgan fingerprint density at radius 1 is 1.10 bits per heavy atom. The van der Waals surface area contributed by atoms with Crippen LogP contribution in [-0.4, -0.2) is 53.9 Å². The van der Waals surface area contributed by atoms with Gasteiger partial charge in [-0.1, -0.05) is 31.1 Å². The third-order valence-corrected chi connectivity index (χ3v) is 7.51. The predicted octanol–water partition coefficient (Wildman–Crippen LogP) is 3.35. The van der Waals surface area contributed by atoms with Gasteiger partial charge < -0.3 is 8.94 Å². The molecule has 1 aromatic carbocycles. The monoisotopic (exact) mass is 430 g/mol. The zero-order chi connectivity index (χ0) is 21.1.